The molecule has 0 amide bonds. The molecule has 25 heavy (non-hydrogen) atoms. The Morgan fingerprint density at radius 3 is 1.48 bits per heavy atom. The highest BCUT2D eigenvalue weighted by molar-refractivity contribution is 6.26. The van der Waals surface area contributed by atoms with Crippen molar-refractivity contribution in [2.24, 2.45) is 17.2 Å². The van der Waals surface area contributed by atoms with Crippen molar-refractivity contribution >= 4 is 17.3 Å². The fourth-order valence-corrected chi connectivity index (χ4v) is 2.65. The Bertz CT molecular complexity index is 563. The predicted molar refractivity (Wildman–Crippen MR) is 99.9 cm³/mol. The number of carbonyl (C=O) groups is 3. The van der Waals surface area contributed by atoms with Crippen LogP contribution in [0.3, 0.4) is 0 Å². The summed E-state index contributed by atoms with van der Waals surface area (Å²) in [6, 6.07) is -1.29. The summed E-state index contributed by atoms with van der Waals surface area (Å²) in [6.07, 6.45) is 0. The van der Waals surface area contributed by atoms with E-state index < -0.39 is 28.9 Å². The fraction of sp³-hybridized carbons (Fsp3) is 0.500. The van der Waals surface area contributed by atoms with Gasteiger partial charge in [0, 0.05) is 26.2 Å². The van der Waals surface area contributed by atoms with Gasteiger partial charge >= 0.3 is 0 Å². The second-order valence-electron chi connectivity index (χ2n) is 6.25. The number of hydrogen-bond acceptors (Lipinski definition) is 7. The average molecular weight is 350 g/mol. The molecule has 0 aromatic rings. The lowest BCUT2D eigenvalue weighted by molar-refractivity contribution is -0.139. The third kappa shape index (κ3) is 5.02. The molecule has 0 aliphatic carbocycles. The van der Waals surface area contributed by atoms with Crippen LogP contribution in [-0.2, 0) is 14.4 Å². The van der Waals surface area contributed by atoms with E-state index in [2.05, 4.69) is 19.7 Å². The normalized spacial score (nSPS) is 12.6. The molecule has 0 radical (unpaired) electrons. The molecule has 7 heteroatoms. The Labute approximate surface area is 149 Å². The lowest BCUT2D eigenvalue weighted by atomic mass is 9.74. The van der Waals surface area contributed by atoms with Gasteiger partial charge in [0.15, 0.2) is 22.9 Å². The van der Waals surface area contributed by atoms with Crippen LogP contribution in [0.1, 0.15) is 20.8 Å². The lowest BCUT2D eigenvalue weighted by Gasteiger charge is -2.41. The molecule has 0 aliphatic rings. The summed E-state index contributed by atoms with van der Waals surface area (Å²) in [6.45, 7) is 16.0. The number of nitrogens with zero attached hydrogens (tertiary/aromatic N) is 1. The predicted octanol–water partition coefficient (Wildman–Crippen LogP) is -0.292. The van der Waals surface area contributed by atoms with Gasteiger partial charge in [-0.05, 0) is 37.5 Å². The maximum atomic E-state index is 12.9. The van der Waals surface area contributed by atoms with Gasteiger partial charge in [0.2, 0.25) is 0 Å². The molecule has 0 heterocycles. The summed E-state index contributed by atoms with van der Waals surface area (Å²) in [5.74, 6) is -1.97. The molecule has 1 unspecified atom stereocenters. The molecule has 0 aromatic heterocycles. The third-order valence-electron chi connectivity index (χ3n) is 3.82. The first-order chi connectivity index (χ1) is 11.5. The first-order valence-corrected chi connectivity index (χ1v) is 8.00. The maximum Gasteiger partial charge on any atom is 0.187 e. The summed E-state index contributed by atoms with van der Waals surface area (Å²) in [5, 5.41) is 0. The van der Waals surface area contributed by atoms with Gasteiger partial charge in [-0.2, -0.15) is 0 Å². The van der Waals surface area contributed by atoms with Crippen LogP contribution < -0.4 is 17.2 Å². The Morgan fingerprint density at radius 1 is 0.880 bits per heavy atom. The van der Waals surface area contributed by atoms with Crippen molar-refractivity contribution in [3.05, 3.63) is 36.5 Å². The minimum atomic E-state index is -2.17. The Kier molecular flexibility index (Phi) is 8.79. The molecule has 0 fully saturated rings. The zero-order valence-electron chi connectivity index (χ0n) is 15.4. The van der Waals surface area contributed by atoms with Gasteiger partial charge < -0.3 is 17.2 Å². The van der Waals surface area contributed by atoms with Crippen molar-refractivity contribution in [2.45, 2.75) is 32.4 Å². The van der Waals surface area contributed by atoms with E-state index in [0.29, 0.717) is 0 Å². The monoisotopic (exact) mass is 350 g/mol. The van der Waals surface area contributed by atoms with Gasteiger partial charge in [0.1, 0.15) is 6.04 Å². The van der Waals surface area contributed by atoms with Crippen molar-refractivity contribution in [2.75, 3.05) is 26.2 Å². The third-order valence-corrected chi connectivity index (χ3v) is 3.82. The average Bonchev–Trinajstić information content (AvgIpc) is 2.53. The first kappa shape index (κ1) is 23.1. The highest BCUT2D eigenvalue weighted by Crippen LogP contribution is 2.25. The zero-order chi connectivity index (χ0) is 19.9. The standard InChI is InChI=1S/C18H30N4O3/c1-11(2)14(23)15(22(9-7-19)10-8-20)18(21,16(24)12(3)4)17(25)13(5)6/h15H,1,3,5,7-10,19-21H2,2,4,6H3. The number of hydrogen-bond donors (Lipinski definition) is 3. The molecule has 7 nitrogen and oxygen atoms in total. The van der Waals surface area contributed by atoms with Crippen molar-refractivity contribution in [1.29, 1.82) is 0 Å². The van der Waals surface area contributed by atoms with Crippen LogP contribution in [0.5, 0.6) is 0 Å². The topological polar surface area (TPSA) is 133 Å². The van der Waals surface area contributed by atoms with Crippen molar-refractivity contribution in [3.63, 3.8) is 0 Å². The van der Waals surface area contributed by atoms with E-state index in [1.54, 1.807) is 4.90 Å². The highest BCUT2D eigenvalue weighted by atomic mass is 16.2. The number of carbonyl (C=O) groups excluding carboxylic acids is 3. The Balaban J connectivity index is 6.61. The zero-order valence-corrected chi connectivity index (χ0v) is 15.4. The number of rotatable bonds is 12. The molecule has 0 saturated heterocycles. The van der Waals surface area contributed by atoms with E-state index in [0.717, 1.165) is 0 Å². The molecular formula is C18H30N4O3. The van der Waals surface area contributed by atoms with Crippen LogP contribution in [0, 0.1) is 0 Å². The molecular weight excluding hydrogens is 320 g/mol. The first-order valence-electron chi connectivity index (χ1n) is 8.00. The minimum Gasteiger partial charge on any atom is -0.329 e. The summed E-state index contributed by atoms with van der Waals surface area (Å²) < 4.78 is 0. The van der Waals surface area contributed by atoms with Crippen LogP contribution in [0.2, 0.25) is 0 Å². The molecule has 0 bridgehead atoms. The van der Waals surface area contributed by atoms with Gasteiger partial charge in [-0.15, -0.1) is 0 Å². The molecule has 6 N–H and O–H groups in total. The van der Waals surface area contributed by atoms with Crippen molar-refractivity contribution in [1.82, 2.24) is 4.90 Å². The van der Waals surface area contributed by atoms with Crippen LogP contribution in [-0.4, -0.2) is 60.0 Å². The van der Waals surface area contributed by atoms with Gasteiger partial charge in [-0.3, -0.25) is 19.3 Å². The largest absolute Gasteiger partial charge is 0.329 e. The molecule has 0 saturated carbocycles. The van der Waals surface area contributed by atoms with E-state index in [1.807, 2.05) is 0 Å². The molecule has 140 valence electrons. The fourth-order valence-electron chi connectivity index (χ4n) is 2.65. The maximum absolute atomic E-state index is 12.9. The Hall–Kier alpha value is -1.93. The second kappa shape index (κ2) is 9.53. The molecule has 1 atom stereocenters. The quantitative estimate of drug-likeness (QED) is 0.325. The number of ketones is 3. The summed E-state index contributed by atoms with van der Waals surface area (Å²) in [7, 11) is 0. The van der Waals surface area contributed by atoms with E-state index in [1.165, 1.54) is 20.8 Å². The van der Waals surface area contributed by atoms with Crippen LogP contribution in [0.25, 0.3) is 0 Å². The SMILES string of the molecule is C=C(C)C(=O)C(N(CCN)CCN)C(N)(C(=O)C(=C)C)C(=O)C(=C)C. The van der Waals surface area contributed by atoms with Gasteiger partial charge in [0.25, 0.3) is 0 Å². The molecule has 0 aromatic carbocycles. The summed E-state index contributed by atoms with van der Waals surface area (Å²) in [4.78, 5) is 40.1. The van der Waals surface area contributed by atoms with E-state index in [4.69, 9.17) is 17.2 Å². The lowest BCUT2D eigenvalue weighted by Crippen LogP contribution is -2.71. The second-order valence-corrected chi connectivity index (χ2v) is 6.25. The highest BCUT2D eigenvalue weighted by Gasteiger charge is 2.53. The summed E-state index contributed by atoms with van der Waals surface area (Å²) in [5.41, 5.74) is 15.7. The van der Waals surface area contributed by atoms with Crippen molar-refractivity contribution < 1.29 is 14.4 Å². The summed E-state index contributed by atoms with van der Waals surface area (Å²) >= 11 is 0. The number of nitrogens with two attached hydrogens (primary N) is 3. The van der Waals surface area contributed by atoms with Crippen LogP contribution in [0.4, 0.5) is 0 Å². The van der Waals surface area contributed by atoms with Gasteiger partial charge in [-0.25, -0.2) is 0 Å². The van der Waals surface area contributed by atoms with E-state index in [9.17, 15) is 14.4 Å². The van der Waals surface area contributed by atoms with Gasteiger partial charge in [-0.1, -0.05) is 19.7 Å². The van der Waals surface area contributed by atoms with Crippen LogP contribution >= 0.6 is 0 Å². The molecule has 0 rings (SSSR count). The van der Waals surface area contributed by atoms with E-state index in [-0.39, 0.29) is 42.9 Å². The molecule has 0 spiro atoms. The minimum absolute atomic E-state index is 0.0667. The van der Waals surface area contributed by atoms with Crippen LogP contribution in [0.15, 0.2) is 36.5 Å². The van der Waals surface area contributed by atoms with Crippen molar-refractivity contribution in [3.8, 4) is 0 Å². The smallest absolute Gasteiger partial charge is 0.187 e. The number of Topliss-reactive ketones (excluding diaryl/α,β-unsaturated/α-hetero) is 3. The molecule has 0 aliphatic heterocycles. The van der Waals surface area contributed by atoms with E-state index >= 15 is 0 Å². The van der Waals surface area contributed by atoms with Gasteiger partial charge in [0.05, 0.1) is 0 Å². The Morgan fingerprint density at radius 2 is 1.24 bits per heavy atom.